The SMILES string of the molecule is COc1ccc(C)c2c1CCC=C2C#N. The number of methoxy groups -OCH3 is 1. The fourth-order valence-corrected chi connectivity index (χ4v) is 2.12. The van der Waals surface area contributed by atoms with Crippen molar-refractivity contribution in [3.05, 3.63) is 34.9 Å². The Labute approximate surface area is 89.8 Å². The third-order valence-electron chi connectivity index (χ3n) is 2.83. The van der Waals surface area contributed by atoms with Gasteiger partial charge in [-0.1, -0.05) is 12.1 Å². The van der Waals surface area contributed by atoms with Crippen LogP contribution in [0.25, 0.3) is 5.57 Å². The van der Waals surface area contributed by atoms with E-state index in [4.69, 9.17) is 10.00 Å². The van der Waals surface area contributed by atoms with Crippen LogP contribution in [0.15, 0.2) is 18.2 Å². The largest absolute Gasteiger partial charge is 0.496 e. The van der Waals surface area contributed by atoms with Gasteiger partial charge in [0.15, 0.2) is 0 Å². The maximum absolute atomic E-state index is 9.07. The Morgan fingerprint density at radius 2 is 2.20 bits per heavy atom. The third-order valence-corrected chi connectivity index (χ3v) is 2.83. The molecule has 2 nitrogen and oxygen atoms in total. The van der Waals surface area contributed by atoms with Crippen LogP contribution in [0.4, 0.5) is 0 Å². The van der Waals surface area contributed by atoms with Gasteiger partial charge in [-0.05, 0) is 31.4 Å². The molecule has 1 aliphatic carbocycles. The van der Waals surface area contributed by atoms with Crippen LogP contribution in [-0.2, 0) is 6.42 Å². The second-order valence-corrected chi connectivity index (χ2v) is 3.71. The average Bonchev–Trinajstić information content (AvgIpc) is 2.29. The monoisotopic (exact) mass is 199 g/mol. The number of hydrogen-bond acceptors (Lipinski definition) is 2. The molecule has 15 heavy (non-hydrogen) atoms. The lowest BCUT2D eigenvalue weighted by molar-refractivity contribution is 0.409. The zero-order valence-electron chi connectivity index (χ0n) is 9.00. The van der Waals surface area contributed by atoms with Crippen LogP contribution in [-0.4, -0.2) is 7.11 Å². The first kappa shape index (κ1) is 9.79. The molecule has 0 unspecified atom stereocenters. The van der Waals surface area contributed by atoms with E-state index in [1.54, 1.807) is 7.11 Å². The molecule has 0 aromatic heterocycles. The number of nitrogens with zero attached hydrogens (tertiary/aromatic N) is 1. The van der Waals surface area contributed by atoms with Crippen molar-refractivity contribution in [3.8, 4) is 11.8 Å². The Morgan fingerprint density at radius 1 is 1.40 bits per heavy atom. The molecule has 1 aromatic carbocycles. The molecule has 0 radical (unpaired) electrons. The molecule has 0 spiro atoms. The van der Waals surface area contributed by atoms with Crippen LogP contribution in [0.1, 0.15) is 23.1 Å². The summed E-state index contributed by atoms with van der Waals surface area (Å²) in [7, 11) is 1.68. The highest BCUT2D eigenvalue weighted by atomic mass is 16.5. The van der Waals surface area contributed by atoms with Crippen LogP contribution in [0.5, 0.6) is 5.75 Å². The fraction of sp³-hybridized carbons (Fsp3) is 0.308. The normalized spacial score (nSPS) is 13.8. The molecule has 0 N–H and O–H groups in total. The van der Waals surface area contributed by atoms with Gasteiger partial charge in [-0.25, -0.2) is 0 Å². The van der Waals surface area contributed by atoms with E-state index in [2.05, 4.69) is 6.07 Å². The summed E-state index contributed by atoms with van der Waals surface area (Å²) < 4.78 is 5.32. The number of rotatable bonds is 1. The molecule has 2 rings (SSSR count). The molecule has 0 amide bonds. The number of allylic oxidation sites excluding steroid dienone is 2. The highest BCUT2D eigenvalue weighted by Crippen LogP contribution is 2.34. The van der Waals surface area contributed by atoms with Crippen molar-refractivity contribution >= 4 is 5.57 Å². The van der Waals surface area contributed by atoms with E-state index >= 15 is 0 Å². The maximum Gasteiger partial charge on any atom is 0.122 e. The van der Waals surface area contributed by atoms with Crippen molar-refractivity contribution in [3.63, 3.8) is 0 Å². The Kier molecular flexibility index (Phi) is 2.47. The zero-order chi connectivity index (χ0) is 10.8. The molecule has 0 aliphatic heterocycles. The van der Waals surface area contributed by atoms with Crippen molar-refractivity contribution in [1.29, 1.82) is 5.26 Å². The first-order chi connectivity index (χ1) is 7.27. The molecular weight excluding hydrogens is 186 g/mol. The number of aryl methyl sites for hydroxylation is 1. The van der Waals surface area contributed by atoms with Gasteiger partial charge in [0.25, 0.3) is 0 Å². The summed E-state index contributed by atoms with van der Waals surface area (Å²) in [6.45, 7) is 2.04. The van der Waals surface area contributed by atoms with Gasteiger partial charge in [-0.2, -0.15) is 5.26 Å². The minimum atomic E-state index is 0.785. The summed E-state index contributed by atoms with van der Waals surface area (Å²) in [5, 5.41) is 9.07. The van der Waals surface area contributed by atoms with Crippen molar-refractivity contribution in [2.75, 3.05) is 7.11 Å². The van der Waals surface area contributed by atoms with E-state index < -0.39 is 0 Å². The van der Waals surface area contributed by atoms with Crippen LogP contribution in [0, 0.1) is 18.3 Å². The summed E-state index contributed by atoms with van der Waals surface area (Å²) in [5.41, 5.74) is 4.19. The van der Waals surface area contributed by atoms with Gasteiger partial charge in [0.05, 0.1) is 18.8 Å². The van der Waals surface area contributed by atoms with Crippen LogP contribution in [0.3, 0.4) is 0 Å². The van der Waals surface area contributed by atoms with Gasteiger partial charge < -0.3 is 4.74 Å². The van der Waals surface area contributed by atoms with E-state index in [9.17, 15) is 0 Å². The first-order valence-corrected chi connectivity index (χ1v) is 5.05. The molecule has 0 saturated heterocycles. The van der Waals surface area contributed by atoms with Crippen molar-refractivity contribution in [1.82, 2.24) is 0 Å². The molecule has 0 fully saturated rings. The van der Waals surface area contributed by atoms with E-state index in [0.717, 1.165) is 35.3 Å². The summed E-state index contributed by atoms with van der Waals surface area (Å²) in [6, 6.07) is 6.25. The molecule has 1 aromatic rings. The van der Waals surface area contributed by atoms with Crippen LogP contribution in [0.2, 0.25) is 0 Å². The van der Waals surface area contributed by atoms with Gasteiger partial charge in [0.2, 0.25) is 0 Å². The summed E-state index contributed by atoms with van der Waals surface area (Å²) in [4.78, 5) is 0. The molecule has 0 atom stereocenters. The molecule has 0 bridgehead atoms. The zero-order valence-corrected chi connectivity index (χ0v) is 9.00. The van der Waals surface area contributed by atoms with Gasteiger partial charge in [-0.15, -0.1) is 0 Å². The molecule has 76 valence electrons. The summed E-state index contributed by atoms with van der Waals surface area (Å²) in [6.07, 6.45) is 3.90. The quantitative estimate of drug-likeness (QED) is 0.696. The van der Waals surface area contributed by atoms with Gasteiger partial charge >= 0.3 is 0 Å². The van der Waals surface area contributed by atoms with Crippen molar-refractivity contribution < 1.29 is 4.74 Å². The predicted molar refractivity (Wildman–Crippen MR) is 59.6 cm³/mol. The Hall–Kier alpha value is -1.75. The predicted octanol–water partition coefficient (Wildman–Crippen LogP) is 2.86. The molecule has 2 heteroatoms. The number of fused-ring (bicyclic) bond motifs is 1. The van der Waals surface area contributed by atoms with E-state index in [0.29, 0.717) is 0 Å². The van der Waals surface area contributed by atoms with Crippen LogP contribution < -0.4 is 4.74 Å². The van der Waals surface area contributed by atoms with E-state index in [-0.39, 0.29) is 0 Å². The third kappa shape index (κ3) is 1.50. The Morgan fingerprint density at radius 3 is 2.87 bits per heavy atom. The number of benzene rings is 1. The summed E-state index contributed by atoms with van der Waals surface area (Å²) in [5.74, 6) is 0.899. The van der Waals surface area contributed by atoms with Gasteiger partial charge in [0.1, 0.15) is 5.75 Å². The molecular formula is C13H13NO. The van der Waals surface area contributed by atoms with Crippen molar-refractivity contribution in [2.24, 2.45) is 0 Å². The summed E-state index contributed by atoms with van der Waals surface area (Å²) >= 11 is 0. The number of hydrogen-bond donors (Lipinski definition) is 0. The second-order valence-electron chi connectivity index (χ2n) is 3.71. The smallest absolute Gasteiger partial charge is 0.122 e. The average molecular weight is 199 g/mol. The standard InChI is InChI=1S/C13H13NO/c1-9-6-7-12(15-2)11-5-3-4-10(8-14)13(9)11/h4,6-7H,3,5H2,1-2H3. The minimum Gasteiger partial charge on any atom is -0.496 e. The number of ether oxygens (including phenoxy) is 1. The lowest BCUT2D eigenvalue weighted by Crippen LogP contribution is -2.04. The first-order valence-electron chi connectivity index (χ1n) is 5.05. The Bertz CT molecular complexity index is 466. The second kappa shape index (κ2) is 3.78. The van der Waals surface area contributed by atoms with Gasteiger partial charge in [0, 0.05) is 11.1 Å². The van der Waals surface area contributed by atoms with E-state index in [1.165, 1.54) is 5.56 Å². The maximum atomic E-state index is 9.07. The fourth-order valence-electron chi connectivity index (χ4n) is 2.12. The number of nitriles is 1. The molecule has 0 heterocycles. The Balaban J connectivity index is 2.68. The van der Waals surface area contributed by atoms with Gasteiger partial charge in [-0.3, -0.25) is 0 Å². The van der Waals surface area contributed by atoms with Crippen LogP contribution >= 0.6 is 0 Å². The lowest BCUT2D eigenvalue weighted by atomic mass is 9.87. The topological polar surface area (TPSA) is 33.0 Å². The molecule has 1 aliphatic rings. The molecule has 0 saturated carbocycles. The van der Waals surface area contributed by atoms with E-state index in [1.807, 2.05) is 25.1 Å². The highest BCUT2D eigenvalue weighted by Gasteiger charge is 2.18. The minimum absolute atomic E-state index is 0.785. The lowest BCUT2D eigenvalue weighted by Gasteiger charge is -2.18. The van der Waals surface area contributed by atoms with Crippen molar-refractivity contribution in [2.45, 2.75) is 19.8 Å². The highest BCUT2D eigenvalue weighted by molar-refractivity contribution is 5.82.